The molecule has 0 fully saturated rings. The van der Waals surface area contributed by atoms with E-state index in [2.05, 4.69) is 0 Å². The van der Waals surface area contributed by atoms with Crippen LogP contribution >= 0.6 is 0 Å². The SMILES string of the molecule is Cc1ccc(CC(CO)N(C)C(=O)OC(C)(C)C)o1. The van der Waals surface area contributed by atoms with Gasteiger partial charge >= 0.3 is 6.09 Å². The highest BCUT2D eigenvalue weighted by Crippen LogP contribution is 2.15. The summed E-state index contributed by atoms with van der Waals surface area (Å²) in [5.41, 5.74) is -0.549. The molecule has 0 aliphatic carbocycles. The Hall–Kier alpha value is -1.49. The highest BCUT2D eigenvalue weighted by molar-refractivity contribution is 5.68. The van der Waals surface area contributed by atoms with Gasteiger partial charge in [-0.1, -0.05) is 0 Å². The van der Waals surface area contributed by atoms with Gasteiger partial charge in [0.05, 0.1) is 12.6 Å². The molecule has 1 unspecified atom stereocenters. The molecule has 1 rings (SSSR count). The van der Waals surface area contributed by atoms with Crippen LogP contribution in [-0.2, 0) is 11.2 Å². The molecule has 0 saturated carbocycles. The lowest BCUT2D eigenvalue weighted by atomic mass is 10.1. The number of rotatable bonds is 4. The predicted molar refractivity (Wildman–Crippen MR) is 72.0 cm³/mol. The second kappa shape index (κ2) is 6.10. The van der Waals surface area contributed by atoms with E-state index in [0.29, 0.717) is 6.42 Å². The van der Waals surface area contributed by atoms with E-state index in [9.17, 15) is 9.90 Å². The van der Waals surface area contributed by atoms with E-state index in [-0.39, 0.29) is 12.6 Å². The summed E-state index contributed by atoms with van der Waals surface area (Å²) in [6.07, 6.45) is 0.00918. The summed E-state index contributed by atoms with van der Waals surface area (Å²) < 4.78 is 10.7. The van der Waals surface area contributed by atoms with E-state index in [1.165, 1.54) is 4.90 Å². The van der Waals surface area contributed by atoms with Crippen molar-refractivity contribution in [1.82, 2.24) is 4.90 Å². The number of furan rings is 1. The molecule has 1 aromatic rings. The number of aryl methyl sites for hydroxylation is 1. The third-order valence-corrected chi connectivity index (χ3v) is 2.67. The molecule has 0 aromatic carbocycles. The summed E-state index contributed by atoms with van der Waals surface area (Å²) in [6.45, 7) is 7.14. The van der Waals surface area contributed by atoms with Gasteiger partial charge in [-0.2, -0.15) is 0 Å². The first-order valence-electron chi connectivity index (χ1n) is 6.35. The molecule has 5 heteroatoms. The molecule has 108 valence electrons. The van der Waals surface area contributed by atoms with Gasteiger partial charge in [0.1, 0.15) is 17.1 Å². The van der Waals surface area contributed by atoms with Crippen LogP contribution < -0.4 is 0 Å². The van der Waals surface area contributed by atoms with Crippen molar-refractivity contribution in [1.29, 1.82) is 0 Å². The van der Waals surface area contributed by atoms with E-state index in [0.717, 1.165) is 11.5 Å². The van der Waals surface area contributed by atoms with Crippen LogP contribution in [0, 0.1) is 6.92 Å². The molecule has 0 saturated heterocycles. The smallest absolute Gasteiger partial charge is 0.410 e. The first kappa shape index (κ1) is 15.6. The highest BCUT2D eigenvalue weighted by Gasteiger charge is 2.25. The summed E-state index contributed by atoms with van der Waals surface area (Å²) in [5, 5.41) is 9.42. The molecule has 19 heavy (non-hydrogen) atoms. The Morgan fingerprint density at radius 2 is 2.11 bits per heavy atom. The summed E-state index contributed by atoms with van der Waals surface area (Å²) in [5.74, 6) is 1.55. The maximum atomic E-state index is 11.9. The van der Waals surface area contributed by atoms with Crippen LogP contribution in [0.15, 0.2) is 16.5 Å². The van der Waals surface area contributed by atoms with Crippen molar-refractivity contribution in [3.8, 4) is 0 Å². The number of nitrogens with zero attached hydrogens (tertiary/aromatic N) is 1. The number of ether oxygens (including phenoxy) is 1. The topological polar surface area (TPSA) is 62.9 Å². The van der Waals surface area contributed by atoms with E-state index < -0.39 is 11.7 Å². The zero-order chi connectivity index (χ0) is 14.6. The Morgan fingerprint density at radius 1 is 1.47 bits per heavy atom. The maximum Gasteiger partial charge on any atom is 0.410 e. The van der Waals surface area contributed by atoms with Gasteiger partial charge < -0.3 is 19.2 Å². The lowest BCUT2D eigenvalue weighted by Gasteiger charge is -2.29. The fourth-order valence-electron chi connectivity index (χ4n) is 1.63. The van der Waals surface area contributed by atoms with Gasteiger partial charge in [0.25, 0.3) is 0 Å². The molecular formula is C14H23NO4. The van der Waals surface area contributed by atoms with E-state index in [1.54, 1.807) is 7.05 Å². The first-order chi connectivity index (χ1) is 8.73. The summed E-state index contributed by atoms with van der Waals surface area (Å²) >= 11 is 0. The maximum absolute atomic E-state index is 11.9. The summed E-state index contributed by atoms with van der Waals surface area (Å²) in [4.78, 5) is 13.3. The van der Waals surface area contributed by atoms with Crippen LogP contribution in [0.4, 0.5) is 4.79 Å². The standard InChI is InChI=1S/C14H23NO4/c1-10-6-7-12(18-10)8-11(9-16)15(5)13(17)19-14(2,3)4/h6-7,11,16H,8-9H2,1-5H3. The van der Waals surface area contributed by atoms with E-state index >= 15 is 0 Å². The van der Waals surface area contributed by atoms with Gasteiger partial charge in [-0.3, -0.25) is 0 Å². The largest absolute Gasteiger partial charge is 0.466 e. The molecule has 0 radical (unpaired) electrons. The third kappa shape index (κ3) is 4.95. The lowest BCUT2D eigenvalue weighted by Crippen LogP contribution is -2.43. The zero-order valence-electron chi connectivity index (χ0n) is 12.3. The van der Waals surface area contributed by atoms with Crippen molar-refractivity contribution in [3.63, 3.8) is 0 Å². The highest BCUT2D eigenvalue weighted by atomic mass is 16.6. The number of hydrogen-bond acceptors (Lipinski definition) is 4. The molecule has 1 amide bonds. The van der Waals surface area contributed by atoms with Crippen LogP contribution in [0.25, 0.3) is 0 Å². The molecule has 0 bridgehead atoms. The quantitative estimate of drug-likeness (QED) is 0.911. The molecule has 1 atom stereocenters. The van der Waals surface area contributed by atoms with Crippen molar-refractivity contribution in [3.05, 3.63) is 23.7 Å². The average Bonchev–Trinajstić information content (AvgIpc) is 2.68. The zero-order valence-corrected chi connectivity index (χ0v) is 12.3. The van der Waals surface area contributed by atoms with Gasteiger partial charge in [-0.05, 0) is 39.8 Å². The molecule has 1 N–H and O–H groups in total. The van der Waals surface area contributed by atoms with Crippen molar-refractivity contribution in [2.24, 2.45) is 0 Å². The fourth-order valence-corrected chi connectivity index (χ4v) is 1.63. The molecule has 5 nitrogen and oxygen atoms in total. The number of likely N-dealkylation sites (N-methyl/N-ethyl adjacent to an activating group) is 1. The van der Waals surface area contributed by atoms with E-state index in [4.69, 9.17) is 9.15 Å². The van der Waals surface area contributed by atoms with Crippen molar-refractivity contribution < 1.29 is 19.1 Å². The van der Waals surface area contributed by atoms with Crippen LogP contribution in [-0.4, -0.2) is 41.4 Å². The Bertz CT molecular complexity index is 419. The predicted octanol–water partition coefficient (Wildman–Crippen LogP) is 2.36. The summed E-state index contributed by atoms with van der Waals surface area (Å²) in [7, 11) is 1.62. The molecule has 0 spiro atoms. The monoisotopic (exact) mass is 269 g/mol. The fraction of sp³-hybridized carbons (Fsp3) is 0.643. The summed E-state index contributed by atoms with van der Waals surface area (Å²) in [6, 6.07) is 3.35. The van der Waals surface area contributed by atoms with Crippen LogP contribution in [0.3, 0.4) is 0 Å². The van der Waals surface area contributed by atoms with Crippen molar-refractivity contribution in [2.45, 2.75) is 45.8 Å². The third-order valence-electron chi connectivity index (χ3n) is 2.67. The number of aliphatic hydroxyl groups excluding tert-OH is 1. The number of carbonyl (C=O) groups is 1. The second-order valence-corrected chi connectivity index (χ2v) is 5.64. The van der Waals surface area contributed by atoms with Gasteiger partial charge in [0.15, 0.2) is 0 Å². The molecule has 0 aliphatic heterocycles. The minimum Gasteiger partial charge on any atom is -0.466 e. The Morgan fingerprint density at radius 3 is 2.53 bits per heavy atom. The minimum atomic E-state index is -0.549. The van der Waals surface area contributed by atoms with Crippen LogP contribution in [0.1, 0.15) is 32.3 Å². The van der Waals surface area contributed by atoms with E-state index in [1.807, 2.05) is 39.8 Å². The van der Waals surface area contributed by atoms with Crippen molar-refractivity contribution in [2.75, 3.05) is 13.7 Å². The van der Waals surface area contributed by atoms with Gasteiger partial charge in [-0.15, -0.1) is 0 Å². The second-order valence-electron chi connectivity index (χ2n) is 5.64. The number of carbonyl (C=O) groups excluding carboxylic acids is 1. The number of hydrogen-bond donors (Lipinski definition) is 1. The van der Waals surface area contributed by atoms with Crippen molar-refractivity contribution >= 4 is 6.09 Å². The Kier molecular flexibility index (Phi) is 5.00. The Labute approximate surface area is 114 Å². The Balaban J connectivity index is 2.66. The molecular weight excluding hydrogens is 246 g/mol. The lowest BCUT2D eigenvalue weighted by molar-refractivity contribution is 0.0158. The minimum absolute atomic E-state index is 0.143. The number of aliphatic hydroxyl groups is 1. The molecule has 0 aliphatic rings. The average molecular weight is 269 g/mol. The van der Waals surface area contributed by atoms with Gasteiger partial charge in [-0.25, -0.2) is 4.79 Å². The van der Waals surface area contributed by atoms with Crippen LogP contribution in [0.5, 0.6) is 0 Å². The van der Waals surface area contributed by atoms with Gasteiger partial charge in [0.2, 0.25) is 0 Å². The van der Waals surface area contributed by atoms with Crippen LogP contribution in [0.2, 0.25) is 0 Å². The normalized spacial score (nSPS) is 13.2. The first-order valence-corrected chi connectivity index (χ1v) is 6.35. The molecule has 1 heterocycles. The molecule has 1 aromatic heterocycles. The number of amides is 1. The van der Waals surface area contributed by atoms with Gasteiger partial charge in [0, 0.05) is 13.5 Å².